The van der Waals surface area contributed by atoms with Crippen LogP contribution in [0, 0.1) is 5.82 Å². The van der Waals surface area contributed by atoms with Crippen molar-refractivity contribution in [1.82, 2.24) is 4.90 Å². The number of hydrogen-bond acceptors (Lipinski definition) is 3. The topological polar surface area (TPSA) is 49.9 Å². The highest BCUT2D eigenvalue weighted by Gasteiger charge is 2.49. The van der Waals surface area contributed by atoms with E-state index in [1.165, 1.54) is 12.1 Å². The van der Waals surface area contributed by atoms with Gasteiger partial charge < -0.3 is 14.5 Å². The van der Waals surface area contributed by atoms with E-state index in [9.17, 15) is 14.0 Å². The maximum atomic E-state index is 13.8. The highest BCUT2D eigenvalue weighted by Crippen LogP contribution is 2.45. The van der Waals surface area contributed by atoms with Crippen molar-refractivity contribution < 1.29 is 18.7 Å². The molecule has 2 aromatic rings. The van der Waals surface area contributed by atoms with Gasteiger partial charge in [0.15, 0.2) is 0 Å². The van der Waals surface area contributed by atoms with E-state index in [-0.39, 0.29) is 29.3 Å². The standard InChI is InChI=1S/C28H33FN2O3/c1-21(32)31(24-7-3-2-4-8-24)25-19-27(34-20-25)15-17-30(18-16-27)26(33)28(13-5-6-14-28)22-9-11-23(29)12-10-22/h2-4,7-12,25H,5-6,13-20H2,1H3/t25-/m0/s1. The molecule has 0 radical (unpaired) electrons. The zero-order valence-electron chi connectivity index (χ0n) is 19.8. The van der Waals surface area contributed by atoms with Crippen molar-refractivity contribution in [3.05, 3.63) is 66.0 Å². The third-order valence-corrected chi connectivity index (χ3v) is 8.15. The fraction of sp³-hybridized carbons (Fsp3) is 0.500. The zero-order valence-corrected chi connectivity index (χ0v) is 19.8. The van der Waals surface area contributed by atoms with Crippen LogP contribution < -0.4 is 4.90 Å². The number of piperidine rings is 1. The molecule has 2 aliphatic heterocycles. The minimum atomic E-state index is -0.532. The smallest absolute Gasteiger partial charge is 0.233 e. The quantitative estimate of drug-likeness (QED) is 0.651. The number of carbonyl (C=O) groups is 2. The molecule has 5 nitrogen and oxygen atoms in total. The normalized spacial score (nSPS) is 23.2. The van der Waals surface area contributed by atoms with Crippen molar-refractivity contribution in [3.8, 4) is 0 Å². The van der Waals surface area contributed by atoms with Crippen LogP contribution >= 0.6 is 0 Å². The minimum Gasteiger partial charge on any atom is -0.373 e. The number of rotatable bonds is 4. The fourth-order valence-electron chi connectivity index (χ4n) is 6.37. The number of amides is 2. The molecule has 2 amide bonds. The fourth-order valence-corrected chi connectivity index (χ4v) is 6.37. The Morgan fingerprint density at radius 3 is 2.24 bits per heavy atom. The molecule has 3 fully saturated rings. The first kappa shape index (κ1) is 23.0. The summed E-state index contributed by atoms with van der Waals surface area (Å²) in [7, 11) is 0. The molecule has 0 bridgehead atoms. The average Bonchev–Trinajstić information content (AvgIpc) is 3.49. The predicted octanol–water partition coefficient (Wildman–Crippen LogP) is 4.84. The molecule has 2 heterocycles. The van der Waals surface area contributed by atoms with Crippen molar-refractivity contribution in [2.45, 2.75) is 68.9 Å². The monoisotopic (exact) mass is 464 g/mol. The van der Waals surface area contributed by atoms with Crippen molar-refractivity contribution >= 4 is 17.5 Å². The molecule has 0 unspecified atom stereocenters. The SMILES string of the molecule is CC(=O)N(c1ccccc1)[C@@H]1COC2(CCN(C(=O)C3(c4ccc(F)cc4)CCCC3)CC2)C1. The summed E-state index contributed by atoms with van der Waals surface area (Å²) < 4.78 is 19.9. The van der Waals surface area contributed by atoms with E-state index in [0.29, 0.717) is 19.7 Å². The van der Waals surface area contributed by atoms with Crippen LogP contribution in [0.2, 0.25) is 0 Å². The maximum Gasteiger partial charge on any atom is 0.233 e. The molecule has 1 atom stereocenters. The van der Waals surface area contributed by atoms with Crippen LogP contribution in [-0.4, -0.2) is 48.1 Å². The van der Waals surface area contributed by atoms with Gasteiger partial charge in [0, 0.05) is 25.7 Å². The average molecular weight is 465 g/mol. The molecule has 6 heteroatoms. The van der Waals surface area contributed by atoms with Gasteiger partial charge in [0.25, 0.3) is 0 Å². The molecule has 5 rings (SSSR count). The second kappa shape index (κ2) is 9.14. The van der Waals surface area contributed by atoms with Gasteiger partial charge in [0.1, 0.15) is 5.82 Å². The van der Waals surface area contributed by atoms with E-state index in [0.717, 1.165) is 56.2 Å². The molecular formula is C28H33FN2O3. The van der Waals surface area contributed by atoms with Gasteiger partial charge in [0.05, 0.1) is 23.7 Å². The molecule has 2 saturated heterocycles. The molecule has 0 aromatic heterocycles. The number of halogens is 1. The Morgan fingerprint density at radius 2 is 1.62 bits per heavy atom. The maximum absolute atomic E-state index is 13.8. The third kappa shape index (κ3) is 4.13. The van der Waals surface area contributed by atoms with E-state index in [4.69, 9.17) is 4.74 Å². The van der Waals surface area contributed by atoms with Crippen LogP contribution in [0.1, 0.15) is 57.4 Å². The molecule has 1 spiro atoms. The number of likely N-dealkylation sites (tertiary alicyclic amines) is 1. The van der Waals surface area contributed by atoms with E-state index >= 15 is 0 Å². The number of benzene rings is 2. The second-order valence-corrected chi connectivity index (χ2v) is 10.2. The third-order valence-electron chi connectivity index (χ3n) is 8.15. The minimum absolute atomic E-state index is 0.00235. The van der Waals surface area contributed by atoms with Gasteiger partial charge in [-0.2, -0.15) is 0 Å². The lowest BCUT2D eigenvalue weighted by atomic mass is 9.76. The second-order valence-electron chi connectivity index (χ2n) is 10.2. The van der Waals surface area contributed by atoms with Gasteiger partial charge in [-0.1, -0.05) is 43.2 Å². The van der Waals surface area contributed by atoms with E-state index in [1.807, 2.05) is 40.1 Å². The molecule has 1 aliphatic carbocycles. The molecule has 3 aliphatic rings. The van der Waals surface area contributed by atoms with Crippen molar-refractivity contribution in [2.24, 2.45) is 0 Å². The van der Waals surface area contributed by atoms with Crippen LogP contribution in [0.3, 0.4) is 0 Å². The highest BCUT2D eigenvalue weighted by molar-refractivity contribution is 5.92. The molecule has 1 saturated carbocycles. The summed E-state index contributed by atoms with van der Waals surface area (Å²) in [5.74, 6) is -0.0742. The van der Waals surface area contributed by atoms with Crippen molar-refractivity contribution in [1.29, 1.82) is 0 Å². The molecule has 2 aromatic carbocycles. The van der Waals surface area contributed by atoms with Crippen LogP contribution in [0.4, 0.5) is 10.1 Å². The molecule has 180 valence electrons. The van der Waals surface area contributed by atoms with Gasteiger partial charge in [-0.05, 0) is 61.9 Å². The number of nitrogens with zero attached hydrogens (tertiary/aromatic N) is 2. The van der Waals surface area contributed by atoms with Gasteiger partial charge in [-0.15, -0.1) is 0 Å². The van der Waals surface area contributed by atoms with E-state index < -0.39 is 5.41 Å². The van der Waals surface area contributed by atoms with Gasteiger partial charge in [-0.25, -0.2) is 4.39 Å². The molecule has 34 heavy (non-hydrogen) atoms. The van der Waals surface area contributed by atoms with E-state index in [1.54, 1.807) is 19.1 Å². The lowest BCUT2D eigenvalue weighted by Crippen LogP contribution is -2.52. The first-order chi connectivity index (χ1) is 16.4. The Kier molecular flexibility index (Phi) is 6.19. The van der Waals surface area contributed by atoms with Gasteiger partial charge in [0.2, 0.25) is 11.8 Å². The van der Waals surface area contributed by atoms with Crippen LogP contribution in [0.15, 0.2) is 54.6 Å². The molecular weight excluding hydrogens is 431 g/mol. The summed E-state index contributed by atoms with van der Waals surface area (Å²) in [6, 6.07) is 16.3. The van der Waals surface area contributed by atoms with Crippen molar-refractivity contribution in [3.63, 3.8) is 0 Å². The van der Waals surface area contributed by atoms with Crippen LogP contribution in [0.5, 0.6) is 0 Å². The number of hydrogen-bond donors (Lipinski definition) is 0. The first-order valence-corrected chi connectivity index (χ1v) is 12.5. The summed E-state index contributed by atoms with van der Waals surface area (Å²) >= 11 is 0. The lowest BCUT2D eigenvalue weighted by Gasteiger charge is -2.42. The first-order valence-electron chi connectivity index (χ1n) is 12.5. The Bertz CT molecular complexity index is 1030. The largest absolute Gasteiger partial charge is 0.373 e. The highest BCUT2D eigenvalue weighted by atomic mass is 19.1. The van der Waals surface area contributed by atoms with E-state index in [2.05, 4.69) is 0 Å². The van der Waals surface area contributed by atoms with Crippen LogP contribution in [-0.2, 0) is 19.7 Å². The number of anilines is 1. The van der Waals surface area contributed by atoms with Crippen molar-refractivity contribution in [2.75, 3.05) is 24.6 Å². The summed E-state index contributed by atoms with van der Waals surface area (Å²) in [6.07, 6.45) is 6.01. The Morgan fingerprint density at radius 1 is 0.971 bits per heavy atom. The summed E-state index contributed by atoms with van der Waals surface area (Å²) in [6.45, 7) is 3.43. The number of para-hydroxylation sites is 1. The summed E-state index contributed by atoms with van der Waals surface area (Å²) in [5, 5.41) is 0. The zero-order chi connectivity index (χ0) is 23.8. The summed E-state index contributed by atoms with van der Waals surface area (Å²) in [5.41, 5.74) is 1.02. The number of carbonyl (C=O) groups excluding carboxylic acids is 2. The Hall–Kier alpha value is -2.73. The Labute approximate surface area is 200 Å². The summed E-state index contributed by atoms with van der Waals surface area (Å²) in [4.78, 5) is 30.1. The van der Waals surface area contributed by atoms with Gasteiger partial charge in [-0.3, -0.25) is 9.59 Å². The Balaban J connectivity index is 1.28. The predicted molar refractivity (Wildman–Crippen MR) is 129 cm³/mol. The van der Waals surface area contributed by atoms with Gasteiger partial charge >= 0.3 is 0 Å². The van der Waals surface area contributed by atoms with Crippen LogP contribution in [0.25, 0.3) is 0 Å². The number of ether oxygens (including phenoxy) is 1. The molecule has 0 N–H and O–H groups in total. The lowest BCUT2D eigenvalue weighted by molar-refractivity contribution is -0.142.